The first kappa shape index (κ1) is 31.5. The molecule has 12 heteroatoms. The van der Waals surface area contributed by atoms with Crippen LogP contribution in [-0.2, 0) is 27.7 Å². The summed E-state index contributed by atoms with van der Waals surface area (Å²) in [4.78, 5) is 30.3. The molecule has 0 bridgehead atoms. The summed E-state index contributed by atoms with van der Waals surface area (Å²) >= 11 is 7.53. The number of carboxylic acid groups (broad SMARTS) is 1. The lowest BCUT2D eigenvalue weighted by molar-refractivity contribution is -0.139. The number of carbonyl (C=O) groups excluding carboxylic acids is 1. The molecule has 0 unspecified atom stereocenters. The third-order valence-electron chi connectivity index (χ3n) is 7.23. The Balaban J connectivity index is 1.24. The number of nitrogens with zero attached hydrogens (tertiary/aromatic N) is 1. The van der Waals surface area contributed by atoms with Gasteiger partial charge in [0, 0.05) is 21.7 Å². The van der Waals surface area contributed by atoms with Gasteiger partial charge in [0.2, 0.25) is 0 Å². The predicted octanol–water partition coefficient (Wildman–Crippen LogP) is 6.77. The van der Waals surface area contributed by atoms with Crippen molar-refractivity contribution in [2.24, 2.45) is 0 Å². The quantitative estimate of drug-likeness (QED) is 0.152. The number of carboxylic acids is 1. The van der Waals surface area contributed by atoms with Gasteiger partial charge in [-0.3, -0.25) is 4.79 Å². The number of rotatable bonds is 14. The molecule has 1 aliphatic rings. The molecule has 0 atom stereocenters. The van der Waals surface area contributed by atoms with Crippen LogP contribution in [0, 0.1) is 0 Å². The fraction of sp³-hybridized carbons (Fsp3) is 0.281. The summed E-state index contributed by atoms with van der Waals surface area (Å²) in [5.74, 6) is -0.391. The number of anilines is 1. The lowest BCUT2D eigenvalue weighted by Crippen LogP contribution is -2.15. The molecule has 44 heavy (non-hydrogen) atoms. The van der Waals surface area contributed by atoms with E-state index in [0.29, 0.717) is 41.7 Å². The molecule has 5 rings (SSSR count). The molecular weight excluding hydrogens is 624 g/mol. The van der Waals surface area contributed by atoms with Crippen molar-refractivity contribution in [2.45, 2.75) is 49.5 Å². The first-order valence-electron chi connectivity index (χ1n) is 14.1. The second-order valence-electron chi connectivity index (χ2n) is 10.4. The number of aryl methyl sites for hydroxylation is 1. The van der Waals surface area contributed by atoms with E-state index in [4.69, 9.17) is 26.2 Å². The Hall–Kier alpha value is -3.93. The van der Waals surface area contributed by atoms with E-state index in [2.05, 4.69) is 10.3 Å². The Kier molecular flexibility index (Phi) is 10.2. The minimum absolute atomic E-state index is 0.0801. The van der Waals surface area contributed by atoms with Crippen molar-refractivity contribution in [2.75, 3.05) is 17.7 Å². The first-order valence-corrected chi connectivity index (χ1v) is 17.0. The van der Waals surface area contributed by atoms with E-state index in [9.17, 15) is 18.0 Å². The minimum atomic E-state index is -3.50. The molecule has 1 heterocycles. The van der Waals surface area contributed by atoms with Gasteiger partial charge in [-0.15, -0.1) is 11.3 Å². The monoisotopic (exact) mass is 654 g/mol. The summed E-state index contributed by atoms with van der Waals surface area (Å²) in [6.45, 7) is -0.296. The van der Waals surface area contributed by atoms with Crippen LogP contribution in [0.1, 0.15) is 57.4 Å². The molecule has 0 saturated heterocycles. The molecule has 1 aromatic heterocycles. The number of ether oxygens (including phenoxy) is 2. The molecule has 3 aromatic carbocycles. The fourth-order valence-corrected chi connectivity index (χ4v) is 7.10. The normalized spacial score (nSPS) is 13.2. The number of benzene rings is 3. The van der Waals surface area contributed by atoms with E-state index >= 15 is 0 Å². The molecule has 1 aliphatic carbocycles. The zero-order valence-electron chi connectivity index (χ0n) is 23.7. The molecule has 4 aromatic rings. The van der Waals surface area contributed by atoms with Gasteiger partial charge in [-0.1, -0.05) is 30.2 Å². The molecular formula is C32H31ClN2O7S2. The van der Waals surface area contributed by atoms with E-state index in [1.54, 1.807) is 53.8 Å². The van der Waals surface area contributed by atoms with Crippen molar-refractivity contribution < 1.29 is 32.6 Å². The van der Waals surface area contributed by atoms with Crippen LogP contribution in [0.2, 0.25) is 5.02 Å². The van der Waals surface area contributed by atoms with Gasteiger partial charge in [0.05, 0.1) is 16.3 Å². The highest BCUT2D eigenvalue weighted by atomic mass is 35.5. The van der Waals surface area contributed by atoms with Crippen molar-refractivity contribution in [1.29, 1.82) is 0 Å². The number of aliphatic carboxylic acids is 1. The van der Waals surface area contributed by atoms with Gasteiger partial charge in [-0.25, -0.2) is 18.2 Å². The maximum absolute atomic E-state index is 13.2. The van der Waals surface area contributed by atoms with Crippen LogP contribution < -0.4 is 14.8 Å². The van der Waals surface area contributed by atoms with E-state index in [0.717, 1.165) is 10.6 Å². The molecule has 9 nitrogen and oxygen atoms in total. The Morgan fingerprint density at radius 2 is 1.84 bits per heavy atom. The molecule has 1 amide bonds. The number of hydrogen-bond acceptors (Lipinski definition) is 8. The zero-order chi connectivity index (χ0) is 31.1. The Bertz CT molecular complexity index is 1740. The predicted molar refractivity (Wildman–Crippen MR) is 169 cm³/mol. The smallest absolute Gasteiger partial charge is 0.341 e. The lowest BCUT2D eigenvalue weighted by Gasteiger charge is -2.23. The molecule has 0 aliphatic heterocycles. The number of halogens is 1. The SMILES string of the molecule is O=C(O)COc1ccc(CCCS(=O)(=O)c2ccc(Cl)cc2)cc1NC(=O)c1cccc(OCc2ncc(C3CCC3)s2)c1. The maximum Gasteiger partial charge on any atom is 0.341 e. The van der Waals surface area contributed by atoms with Crippen LogP contribution >= 0.6 is 22.9 Å². The van der Waals surface area contributed by atoms with Gasteiger partial charge < -0.3 is 19.9 Å². The lowest BCUT2D eigenvalue weighted by atomic mass is 9.85. The number of sulfone groups is 1. The van der Waals surface area contributed by atoms with E-state index < -0.39 is 28.3 Å². The summed E-state index contributed by atoms with van der Waals surface area (Å²) in [5, 5.41) is 13.2. The second kappa shape index (κ2) is 14.2. The summed E-state index contributed by atoms with van der Waals surface area (Å²) in [6.07, 6.45) is 6.32. The molecule has 2 N–H and O–H groups in total. The highest BCUT2D eigenvalue weighted by Gasteiger charge is 2.22. The highest BCUT2D eigenvalue weighted by Crippen LogP contribution is 2.39. The Labute approximate surface area is 264 Å². The van der Waals surface area contributed by atoms with E-state index in [1.807, 2.05) is 6.20 Å². The average molecular weight is 655 g/mol. The third-order valence-corrected chi connectivity index (χ3v) is 10.4. The minimum Gasteiger partial charge on any atom is -0.486 e. The van der Waals surface area contributed by atoms with Gasteiger partial charge in [0.15, 0.2) is 16.4 Å². The second-order valence-corrected chi connectivity index (χ2v) is 14.1. The highest BCUT2D eigenvalue weighted by molar-refractivity contribution is 7.91. The number of aromatic nitrogens is 1. The fourth-order valence-electron chi connectivity index (χ4n) is 4.66. The van der Waals surface area contributed by atoms with Crippen molar-refractivity contribution >= 4 is 50.3 Å². The molecule has 230 valence electrons. The van der Waals surface area contributed by atoms with Gasteiger partial charge in [0.25, 0.3) is 5.91 Å². The Morgan fingerprint density at radius 1 is 1.05 bits per heavy atom. The molecule has 0 radical (unpaired) electrons. The Morgan fingerprint density at radius 3 is 2.57 bits per heavy atom. The summed E-state index contributed by atoms with van der Waals surface area (Å²) in [5.41, 5.74) is 1.35. The van der Waals surface area contributed by atoms with Crippen LogP contribution in [0.4, 0.5) is 5.69 Å². The number of carbonyl (C=O) groups is 2. The van der Waals surface area contributed by atoms with Crippen LogP contribution in [0.5, 0.6) is 11.5 Å². The van der Waals surface area contributed by atoms with Crippen LogP contribution in [-0.4, -0.2) is 42.7 Å². The van der Waals surface area contributed by atoms with Gasteiger partial charge in [-0.2, -0.15) is 0 Å². The van der Waals surface area contributed by atoms with E-state index in [-0.39, 0.29) is 22.1 Å². The number of thiazole rings is 1. The molecule has 0 spiro atoms. The van der Waals surface area contributed by atoms with E-state index in [1.165, 1.54) is 48.4 Å². The first-order chi connectivity index (χ1) is 21.2. The van der Waals surface area contributed by atoms with Crippen LogP contribution in [0.15, 0.2) is 77.8 Å². The topological polar surface area (TPSA) is 132 Å². The zero-order valence-corrected chi connectivity index (χ0v) is 26.1. The van der Waals surface area contributed by atoms with Gasteiger partial charge in [0.1, 0.15) is 23.1 Å². The summed E-state index contributed by atoms with van der Waals surface area (Å²) < 4.78 is 36.8. The maximum atomic E-state index is 13.2. The molecule has 1 fully saturated rings. The summed E-state index contributed by atoms with van der Waals surface area (Å²) in [6, 6.07) is 17.7. The number of hydrogen-bond donors (Lipinski definition) is 2. The van der Waals surface area contributed by atoms with Crippen molar-refractivity contribution in [3.8, 4) is 11.5 Å². The van der Waals surface area contributed by atoms with Crippen molar-refractivity contribution in [3.63, 3.8) is 0 Å². The van der Waals surface area contributed by atoms with Crippen LogP contribution in [0.25, 0.3) is 0 Å². The van der Waals surface area contributed by atoms with Gasteiger partial charge in [-0.05, 0) is 91.8 Å². The third kappa shape index (κ3) is 8.37. The van der Waals surface area contributed by atoms with Gasteiger partial charge >= 0.3 is 5.97 Å². The largest absolute Gasteiger partial charge is 0.486 e. The molecule has 1 saturated carbocycles. The van der Waals surface area contributed by atoms with Crippen molar-refractivity contribution in [3.05, 3.63) is 99.0 Å². The van der Waals surface area contributed by atoms with Crippen LogP contribution in [0.3, 0.4) is 0 Å². The standard InChI is InChI=1S/C32H31ClN2O7S2/c33-24-10-12-26(13-11-24)44(39,40)15-3-4-21-9-14-28(42-20-31(36)37)27(16-21)35-32(38)23-7-2-8-25(17-23)41-19-30-34-18-29(43-30)22-5-1-6-22/h2,7-14,16-18,22H,1,3-6,15,19-20H2,(H,35,38)(H,36,37). The average Bonchev–Trinajstić information content (AvgIpc) is 3.43. The summed E-state index contributed by atoms with van der Waals surface area (Å²) in [7, 11) is -3.50. The van der Waals surface area contributed by atoms with Crippen molar-refractivity contribution in [1.82, 2.24) is 4.98 Å². The number of amides is 1. The number of nitrogens with one attached hydrogen (secondary N) is 1.